The Hall–Kier alpha value is -1.20. The van der Waals surface area contributed by atoms with Gasteiger partial charge in [0.05, 0.1) is 12.2 Å². The fourth-order valence-corrected chi connectivity index (χ4v) is 1.76. The van der Waals surface area contributed by atoms with Gasteiger partial charge in [-0.1, -0.05) is 12.2 Å². The van der Waals surface area contributed by atoms with Crippen molar-refractivity contribution in [2.24, 2.45) is 5.73 Å². The average molecular weight is 239 g/mol. The minimum atomic E-state index is 0.160. The smallest absolute Gasteiger partial charge is 0.136 e. The summed E-state index contributed by atoms with van der Waals surface area (Å²) in [5.41, 5.74) is 7.51. The van der Waals surface area contributed by atoms with E-state index < -0.39 is 0 Å². The fraction of sp³-hybridized carbons (Fsp3) is 0.455. The van der Waals surface area contributed by atoms with Gasteiger partial charge in [-0.3, -0.25) is 0 Å². The highest BCUT2D eigenvalue weighted by atomic mass is 32.1. The predicted molar refractivity (Wildman–Crippen MR) is 69.8 cm³/mol. The normalized spacial score (nSPS) is 12.2. The largest absolute Gasteiger partial charge is 0.389 e. The lowest BCUT2D eigenvalue weighted by atomic mass is 10.1. The van der Waals surface area contributed by atoms with Crippen LogP contribution in [0.25, 0.3) is 0 Å². The maximum atomic E-state index is 5.69. The van der Waals surface area contributed by atoms with Crippen molar-refractivity contribution in [2.45, 2.75) is 19.9 Å². The molecule has 0 aliphatic carbocycles. The molecule has 0 fully saturated rings. The molecule has 88 valence electrons. The molecular formula is C11H17N3OS. The first kappa shape index (κ1) is 12.9. The molecule has 0 aliphatic heterocycles. The molecule has 16 heavy (non-hydrogen) atoms. The second kappa shape index (κ2) is 5.77. The Kier molecular flexibility index (Phi) is 4.64. The van der Waals surface area contributed by atoms with E-state index in [4.69, 9.17) is 22.7 Å². The summed E-state index contributed by atoms with van der Waals surface area (Å²) in [6.07, 6.45) is 1.74. The summed E-state index contributed by atoms with van der Waals surface area (Å²) in [6.45, 7) is 4.57. The van der Waals surface area contributed by atoms with E-state index in [9.17, 15) is 0 Å². The molecule has 5 heteroatoms. The van der Waals surface area contributed by atoms with Crippen LogP contribution in [0.4, 0.5) is 5.82 Å². The number of thiocarbonyl (C=S) groups is 1. The number of pyridine rings is 1. The molecule has 1 aromatic rings. The van der Waals surface area contributed by atoms with Crippen LogP contribution in [0.1, 0.15) is 18.1 Å². The molecule has 0 radical (unpaired) electrons. The lowest BCUT2D eigenvalue weighted by molar-refractivity contribution is 0.190. The number of rotatable bonds is 5. The maximum Gasteiger partial charge on any atom is 0.136 e. The van der Waals surface area contributed by atoms with Crippen LogP contribution in [0, 0.1) is 6.92 Å². The number of nitrogens with zero attached hydrogens (tertiary/aromatic N) is 1. The number of ether oxygens (including phenoxy) is 1. The Balaban J connectivity index is 2.95. The topological polar surface area (TPSA) is 60.2 Å². The van der Waals surface area contributed by atoms with Gasteiger partial charge in [0.15, 0.2) is 0 Å². The monoisotopic (exact) mass is 239 g/mol. The van der Waals surface area contributed by atoms with Gasteiger partial charge in [-0.15, -0.1) is 0 Å². The van der Waals surface area contributed by atoms with Gasteiger partial charge in [0.2, 0.25) is 0 Å². The Morgan fingerprint density at radius 3 is 2.94 bits per heavy atom. The van der Waals surface area contributed by atoms with Gasteiger partial charge in [-0.05, 0) is 25.5 Å². The summed E-state index contributed by atoms with van der Waals surface area (Å²) < 4.78 is 5.05. The molecule has 1 unspecified atom stereocenters. The molecule has 0 bridgehead atoms. The summed E-state index contributed by atoms with van der Waals surface area (Å²) in [7, 11) is 1.66. The minimum Gasteiger partial charge on any atom is -0.389 e. The molecule has 1 heterocycles. The number of aryl methyl sites for hydroxylation is 1. The van der Waals surface area contributed by atoms with E-state index in [1.807, 2.05) is 19.9 Å². The number of anilines is 1. The van der Waals surface area contributed by atoms with E-state index in [2.05, 4.69) is 10.3 Å². The Labute approximate surface area is 101 Å². The number of nitrogens with two attached hydrogens (primary N) is 1. The number of hydrogen-bond acceptors (Lipinski definition) is 4. The Morgan fingerprint density at radius 1 is 1.69 bits per heavy atom. The third kappa shape index (κ3) is 3.15. The van der Waals surface area contributed by atoms with Crippen LogP contribution < -0.4 is 11.1 Å². The SMILES string of the molecule is COCC(C)Nc1nccc(C)c1C(N)=S. The van der Waals surface area contributed by atoms with Gasteiger partial charge >= 0.3 is 0 Å². The summed E-state index contributed by atoms with van der Waals surface area (Å²) in [5, 5.41) is 3.23. The van der Waals surface area contributed by atoms with Crippen molar-refractivity contribution in [2.75, 3.05) is 19.0 Å². The molecule has 4 nitrogen and oxygen atoms in total. The first-order valence-corrected chi connectivity index (χ1v) is 5.48. The van der Waals surface area contributed by atoms with E-state index in [0.717, 1.165) is 16.9 Å². The maximum absolute atomic E-state index is 5.69. The van der Waals surface area contributed by atoms with Crippen LogP contribution in [-0.2, 0) is 4.74 Å². The fourth-order valence-electron chi connectivity index (χ4n) is 1.50. The second-order valence-electron chi connectivity index (χ2n) is 3.72. The molecule has 0 spiro atoms. The molecule has 1 aromatic heterocycles. The van der Waals surface area contributed by atoms with Gasteiger partial charge in [-0.25, -0.2) is 4.98 Å². The molecule has 0 aliphatic rings. The van der Waals surface area contributed by atoms with Crippen molar-refractivity contribution >= 4 is 23.0 Å². The summed E-state index contributed by atoms with van der Waals surface area (Å²) in [6, 6.07) is 2.05. The average Bonchev–Trinajstić information content (AvgIpc) is 2.17. The highest BCUT2D eigenvalue weighted by Gasteiger charge is 2.11. The number of nitrogens with one attached hydrogen (secondary N) is 1. The molecule has 0 saturated heterocycles. The van der Waals surface area contributed by atoms with Gasteiger partial charge < -0.3 is 15.8 Å². The van der Waals surface area contributed by atoms with Crippen molar-refractivity contribution in [1.29, 1.82) is 0 Å². The van der Waals surface area contributed by atoms with Gasteiger partial charge in [0, 0.05) is 19.3 Å². The molecule has 0 aromatic carbocycles. The van der Waals surface area contributed by atoms with E-state index in [0.29, 0.717) is 11.6 Å². The summed E-state index contributed by atoms with van der Waals surface area (Å²) >= 11 is 5.02. The van der Waals surface area contributed by atoms with E-state index >= 15 is 0 Å². The highest BCUT2D eigenvalue weighted by Crippen LogP contribution is 2.17. The molecule has 1 atom stereocenters. The predicted octanol–water partition coefficient (Wildman–Crippen LogP) is 1.47. The number of methoxy groups -OCH3 is 1. The Morgan fingerprint density at radius 2 is 2.38 bits per heavy atom. The molecule has 0 saturated carbocycles. The number of aromatic nitrogens is 1. The zero-order valence-corrected chi connectivity index (χ0v) is 10.6. The van der Waals surface area contributed by atoms with Crippen LogP contribution in [-0.4, -0.2) is 29.7 Å². The van der Waals surface area contributed by atoms with Gasteiger partial charge in [0.1, 0.15) is 10.8 Å². The van der Waals surface area contributed by atoms with Gasteiger partial charge in [-0.2, -0.15) is 0 Å². The first-order valence-electron chi connectivity index (χ1n) is 5.07. The third-order valence-corrected chi connectivity index (χ3v) is 2.41. The van der Waals surface area contributed by atoms with E-state index in [-0.39, 0.29) is 6.04 Å². The van der Waals surface area contributed by atoms with Crippen molar-refractivity contribution in [3.8, 4) is 0 Å². The standard InChI is InChI=1S/C11H17N3OS/c1-7-4-5-13-11(9(7)10(12)16)14-8(2)6-15-3/h4-5,8H,6H2,1-3H3,(H2,12,16)(H,13,14). The summed E-state index contributed by atoms with van der Waals surface area (Å²) in [4.78, 5) is 4.61. The Bertz CT molecular complexity index is 381. The van der Waals surface area contributed by atoms with Crippen molar-refractivity contribution in [1.82, 2.24) is 4.98 Å². The van der Waals surface area contributed by atoms with Crippen LogP contribution in [0.3, 0.4) is 0 Å². The van der Waals surface area contributed by atoms with Crippen LogP contribution in [0.2, 0.25) is 0 Å². The quantitative estimate of drug-likeness (QED) is 0.762. The molecule has 1 rings (SSSR count). The third-order valence-electron chi connectivity index (χ3n) is 2.21. The number of hydrogen-bond donors (Lipinski definition) is 2. The van der Waals surface area contributed by atoms with Crippen molar-refractivity contribution in [3.63, 3.8) is 0 Å². The van der Waals surface area contributed by atoms with E-state index in [1.165, 1.54) is 0 Å². The van der Waals surface area contributed by atoms with Crippen molar-refractivity contribution < 1.29 is 4.74 Å². The molecule has 3 N–H and O–H groups in total. The lowest BCUT2D eigenvalue weighted by Crippen LogP contribution is -2.24. The van der Waals surface area contributed by atoms with Crippen molar-refractivity contribution in [3.05, 3.63) is 23.4 Å². The zero-order valence-electron chi connectivity index (χ0n) is 9.78. The second-order valence-corrected chi connectivity index (χ2v) is 4.16. The highest BCUT2D eigenvalue weighted by molar-refractivity contribution is 7.80. The van der Waals surface area contributed by atoms with E-state index in [1.54, 1.807) is 13.3 Å². The van der Waals surface area contributed by atoms with Crippen LogP contribution in [0.5, 0.6) is 0 Å². The first-order chi connectivity index (χ1) is 7.56. The minimum absolute atomic E-state index is 0.160. The zero-order chi connectivity index (χ0) is 12.1. The molecule has 0 amide bonds. The summed E-state index contributed by atoms with van der Waals surface area (Å²) in [5.74, 6) is 0.719. The van der Waals surface area contributed by atoms with Gasteiger partial charge in [0.25, 0.3) is 0 Å². The van der Waals surface area contributed by atoms with Crippen LogP contribution in [0.15, 0.2) is 12.3 Å². The van der Waals surface area contributed by atoms with Crippen LogP contribution >= 0.6 is 12.2 Å². The molecular weight excluding hydrogens is 222 g/mol. The lowest BCUT2D eigenvalue weighted by Gasteiger charge is -2.17.